The highest BCUT2D eigenvalue weighted by atomic mass is 35.5. The number of aliphatic hydroxyl groups is 1. The number of nitrogens with two attached hydrogens (primary N) is 1. The Bertz CT molecular complexity index is 603. The van der Waals surface area contributed by atoms with E-state index in [1.165, 1.54) is 6.07 Å². The second-order valence-electron chi connectivity index (χ2n) is 4.82. The lowest BCUT2D eigenvalue weighted by atomic mass is 9.88. The molecule has 0 aliphatic heterocycles. The SMILES string of the molecule is Cc1cc(C(O)C(CN)c2ccccc2F)ccc1Cl. The van der Waals surface area contributed by atoms with Crippen LogP contribution < -0.4 is 5.73 Å². The van der Waals surface area contributed by atoms with Crippen LogP contribution in [-0.2, 0) is 0 Å². The first-order valence-electron chi connectivity index (χ1n) is 6.43. The number of benzene rings is 2. The lowest BCUT2D eigenvalue weighted by Gasteiger charge is -2.23. The zero-order chi connectivity index (χ0) is 14.7. The molecule has 0 amide bonds. The summed E-state index contributed by atoms with van der Waals surface area (Å²) in [4.78, 5) is 0. The fraction of sp³-hybridized carbons (Fsp3) is 0.250. The van der Waals surface area contributed by atoms with Gasteiger partial charge in [0, 0.05) is 17.5 Å². The third kappa shape index (κ3) is 3.01. The molecule has 0 bridgehead atoms. The Kier molecular flexibility index (Phi) is 4.76. The fourth-order valence-electron chi connectivity index (χ4n) is 2.29. The van der Waals surface area contributed by atoms with Gasteiger partial charge in [0.2, 0.25) is 0 Å². The standard InChI is InChI=1S/C16H17ClFNO/c1-10-8-11(6-7-14(10)17)16(20)13(9-19)12-4-2-3-5-15(12)18/h2-8,13,16,20H,9,19H2,1H3. The van der Waals surface area contributed by atoms with E-state index in [-0.39, 0.29) is 12.4 Å². The maximum atomic E-state index is 13.9. The molecule has 2 aromatic carbocycles. The van der Waals surface area contributed by atoms with Crippen LogP contribution in [0.2, 0.25) is 5.02 Å². The van der Waals surface area contributed by atoms with Crippen LogP contribution in [0.1, 0.15) is 28.7 Å². The zero-order valence-corrected chi connectivity index (χ0v) is 11.9. The number of aliphatic hydroxyl groups excluding tert-OH is 1. The highest BCUT2D eigenvalue weighted by Crippen LogP contribution is 2.32. The van der Waals surface area contributed by atoms with Gasteiger partial charge in [-0.1, -0.05) is 41.9 Å². The molecule has 2 nitrogen and oxygen atoms in total. The maximum Gasteiger partial charge on any atom is 0.126 e. The number of aryl methyl sites for hydroxylation is 1. The van der Waals surface area contributed by atoms with Crippen molar-refractivity contribution in [2.45, 2.75) is 18.9 Å². The average Bonchev–Trinajstić information content (AvgIpc) is 2.44. The lowest BCUT2D eigenvalue weighted by molar-refractivity contribution is 0.145. The predicted molar refractivity (Wildman–Crippen MR) is 79.3 cm³/mol. The highest BCUT2D eigenvalue weighted by molar-refractivity contribution is 6.31. The zero-order valence-electron chi connectivity index (χ0n) is 11.2. The quantitative estimate of drug-likeness (QED) is 0.905. The van der Waals surface area contributed by atoms with E-state index in [4.69, 9.17) is 17.3 Å². The van der Waals surface area contributed by atoms with Crippen molar-refractivity contribution in [1.82, 2.24) is 0 Å². The molecule has 20 heavy (non-hydrogen) atoms. The van der Waals surface area contributed by atoms with Gasteiger partial charge in [-0.05, 0) is 35.7 Å². The summed E-state index contributed by atoms with van der Waals surface area (Å²) in [5.74, 6) is -0.843. The van der Waals surface area contributed by atoms with Crippen LogP contribution in [0.3, 0.4) is 0 Å². The first-order chi connectivity index (χ1) is 9.54. The molecule has 0 spiro atoms. The average molecular weight is 294 g/mol. The van der Waals surface area contributed by atoms with E-state index >= 15 is 0 Å². The topological polar surface area (TPSA) is 46.2 Å². The van der Waals surface area contributed by atoms with Crippen molar-refractivity contribution < 1.29 is 9.50 Å². The molecule has 0 aromatic heterocycles. The van der Waals surface area contributed by atoms with Crippen LogP contribution in [0.15, 0.2) is 42.5 Å². The van der Waals surface area contributed by atoms with E-state index in [9.17, 15) is 9.50 Å². The van der Waals surface area contributed by atoms with Crippen molar-refractivity contribution in [2.75, 3.05) is 6.54 Å². The van der Waals surface area contributed by atoms with Crippen LogP contribution in [0, 0.1) is 12.7 Å². The van der Waals surface area contributed by atoms with E-state index < -0.39 is 12.0 Å². The van der Waals surface area contributed by atoms with Crippen molar-refractivity contribution in [3.8, 4) is 0 Å². The smallest absolute Gasteiger partial charge is 0.126 e. The fourth-order valence-corrected chi connectivity index (χ4v) is 2.40. The van der Waals surface area contributed by atoms with Gasteiger partial charge < -0.3 is 10.8 Å². The Morgan fingerprint density at radius 2 is 1.95 bits per heavy atom. The van der Waals surface area contributed by atoms with Gasteiger partial charge in [0.1, 0.15) is 5.82 Å². The molecule has 0 aliphatic carbocycles. The Balaban J connectivity index is 2.36. The summed E-state index contributed by atoms with van der Waals surface area (Å²) in [6.45, 7) is 2.02. The van der Waals surface area contributed by atoms with Crippen LogP contribution in [0.4, 0.5) is 4.39 Å². The summed E-state index contributed by atoms with van der Waals surface area (Å²) in [5, 5.41) is 11.1. The number of hydrogen-bond acceptors (Lipinski definition) is 2. The molecule has 2 aromatic rings. The summed E-state index contributed by atoms with van der Waals surface area (Å²) in [7, 11) is 0. The molecule has 0 radical (unpaired) electrons. The molecule has 0 saturated carbocycles. The molecule has 0 heterocycles. The molecule has 3 N–H and O–H groups in total. The van der Waals surface area contributed by atoms with Crippen molar-refractivity contribution in [3.63, 3.8) is 0 Å². The van der Waals surface area contributed by atoms with Gasteiger partial charge in [-0.2, -0.15) is 0 Å². The monoisotopic (exact) mass is 293 g/mol. The molecule has 0 fully saturated rings. The van der Waals surface area contributed by atoms with Gasteiger partial charge in [-0.25, -0.2) is 4.39 Å². The Morgan fingerprint density at radius 3 is 2.55 bits per heavy atom. The maximum absolute atomic E-state index is 13.9. The minimum atomic E-state index is -0.868. The third-order valence-electron chi connectivity index (χ3n) is 3.46. The van der Waals surface area contributed by atoms with E-state index in [1.54, 1.807) is 36.4 Å². The summed E-state index contributed by atoms with van der Waals surface area (Å²) in [6, 6.07) is 11.6. The summed E-state index contributed by atoms with van der Waals surface area (Å²) in [6.07, 6.45) is -0.868. The normalized spacial score (nSPS) is 14.1. The molecule has 2 rings (SSSR count). The van der Waals surface area contributed by atoms with Gasteiger partial charge >= 0.3 is 0 Å². The highest BCUT2D eigenvalue weighted by Gasteiger charge is 2.24. The van der Waals surface area contributed by atoms with Crippen LogP contribution in [-0.4, -0.2) is 11.7 Å². The predicted octanol–water partition coefficient (Wildman–Crippen LogP) is 3.56. The van der Waals surface area contributed by atoms with E-state index in [2.05, 4.69) is 0 Å². The minimum absolute atomic E-state index is 0.157. The molecular weight excluding hydrogens is 277 g/mol. The number of rotatable bonds is 4. The van der Waals surface area contributed by atoms with Gasteiger partial charge in [0.25, 0.3) is 0 Å². The molecule has 2 unspecified atom stereocenters. The van der Waals surface area contributed by atoms with Crippen molar-refractivity contribution in [3.05, 3.63) is 70.0 Å². The summed E-state index contributed by atoms with van der Waals surface area (Å²) in [5.41, 5.74) is 7.71. The Hall–Kier alpha value is -1.42. The molecular formula is C16H17ClFNO. The van der Waals surface area contributed by atoms with E-state index in [1.807, 2.05) is 6.92 Å². The Labute approximate surface area is 123 Å². The van der Waals surface area contributed by atoms with E-state index in [0.717, 1.165) is 5.56 Å². The van der Waals surface area contributed by atoms with E-state index in [0.29, 0.717) is 16.1 Å². The lowest BCUT2D eigenvalue weighted by Crippen LogP contribution is -2.21. The van der Waals surface area contributed by atoms with Gasteiger partial charge in [-0.3, -0.25) is 0 Å². The number of halogens is 2. The number of hydrogen-bond donors (Lipinski definition) is 2. The van der Waals surface area contributed by atoms with Crippen molar-refractivity contribution in [2.24, 2.45) is 5.73 Å². The van der Waals surface area contributed by atoms with Crippen LogP contribution >= 0.6 is 11.6 Å². The summed E-state index contributed by atoms with van der Waals surface area (Å²) >= 11 is 5.97. The van der Waals surface area contributed by atoms with Gasteiger partial charge in [0.05, 0.1) is 6.10 Å². The first-order valence-corrected chi connectivity index (χ1v) is 6.81. The second kappa shape index (κ2) is 6.35. The molecule has 106 valence electrons. The largest absolute Gasteiger partial charge is 0.388 e. The second-order valence-corrected chi connectivity index (χ2v) is 5.22. The molecule has 0 aliphatic rings. The minimum Gasteiger partial charge on any atom is -0.388 e. The Morgan fingerprint density at radius 1 is 1.25 bits per heavy atom. The molecule has 0 saturated heterocycles. The van der Waals surface area contributed by atoms with Gasteiger partial charge in [-0.15, -0.1) is 0 Å². The van der Waals surface area contributed by atoms with Crippen molar-refractivity contribution >= 4 is 11.6 Å². The molecule has 4 heteroatoms. The summed E-state index contributed by atoms with van der Waals surface area (Å²) < 4.78 is 13.9. The third-order valence-corrected chi connectivity index (χ3v) is 3.89. The van der Waals surface area contributed by atoms with Crippen LogP contribution in [0.5, 0.6) is 0 Å². The van der Waals surface area contributed by atoms with Crippen molar-refractivity contribution in [1.29, 1.82) is 0 Å². The first kappa shape index (κ1) is 15.0. The van der Waals surface area contributed by atoms with Gasteiger partial charge in [0.15, 0.2) is 0 Å². The molecule has 2 atom stereocenters. The van der Waals surface area contributed by atoms with Crippen LogP contribution in [0.25, 0.3) is 0 Å².